The Labute approximate surface area is 183 Å². The van der Waals surface area contributed by atoms with E-state index in [-0.39, 0.29) is 11.0 Å². The number of ether oxygens (including phenoxy) is 1. The molecule has 142 valence electrons. The molecule has 28 heavy (non-hydrogen) atoms. The van der Waals surface area contributed by atoms with Crippen LogP contribution in [-0.4, -0.2) is 23.1 Å². The van der Waals surface area contributed by atoms with Gasteiger partial charge in [0.15, 0.2) is 10.2 Å². The van der Waals surface area contributed by atoms with Crippen LogP contribution in [0.3, 0.4) is 0 Å². The second-order valence-electron chi connectivity index (χ2n) is 5.65. The molecule has 0 spiro atoms. The van der Waals surface area contributed by atoms with Gasteiger partial charge in [-0.15, -0.1) is 11.3 Å². The van der Waals surface area contributed by atoms with Gasteiger partial charge in [0, 0.05) is 15.1 Å². The number of amides is 1. The summed E-state index contributed by atoms with van der Waals surface area (Å²) in [4.78, 5) is 17.4. The molecule has 2 heterocycles. The number of nitrogens with zero attached hydrogens (tertiary/aromatic N) is 1. The number of thiophene rings is 1. The maximum absolute atomic E-state index is 12.6. The molecule has 4 aromatic rings. The molecule has 10 heteroatoms. The highest BCUT2D eigenvalue weighted by Gasteiger charge is 2.19. The number of anilines is 1. The summed E-state index contributed by atoms with van der Waals surface area (Å²) in [6.45, 7) is 0. The van der Waals surface area contributed by atoms with Crippen LogP contribution in [0.4, 0.5) is 5.13 Å². The molecule has 0 saturated carbocycles. The van der Waals surface area contributed by atoms with Gasteiger partial charge in [0.25, 0.3) is 5.91 Å². The molecule has 2 N–H and O–H groups in total. The van der Waals surface area contributed by atoms with Gasteiger partial charge in [-0.2, -0.15) is 0 Å². The normalized spacial score (nSPS) is 11.0. The first-order valence-corrected chi connectivity index (χ1v) is 10.7. The van der Waals surface area contributed by atoms with Crippen molar-refractivity contribution in [2.45, 2.75) is 0 Å². The minimum atomic E-state index is -0.383. The van der Waals surface area contributed by atoms with E-state index in [1.54, 1.807) is 19.2 Å². The van der Waals surface area contributed by atoms with E-state index in [0.29, 0.717) is 25.8 Å². The molecule has 0 saturated heterocycles. The van der Waals surface area contributed by atoms with Crippen molar-refractivity contribution in [3.8, 4) is 5.75 Å². The number of rotatable bonds is 3. The number of thiazole rings is 1. The number of carbonyl (C=O) groups is 1. The van der Waals surface area contributed by atoms with E-state index in [0.717, 1.165) is 20.3 Å². The van der Waals surface area contributed by atoms with E-state index in [9.17, 15) is 4.79 Å². The van der Waals surface area contributed by atoms with Gasteiger partial charge in [0.2, 0.25) is 0 Å². The lowest BCUT2D eigenvalue weighted by molar-refractivity contribution is 0.0982. The zero-order valence-electron chi connectivity index (χ0n) is 14.2. The molecule has 5 nitrogen and oxygen atoms in total. The average Bonchev–Trinajstić information content (AvgIpc) is 3.21. The van der Waals surface area contributed by atoms with Gasteiger partial charge in [-0.25, -0.2) is 4.98 Å². The number of thiocarbonyl (C=S) groups is 1. The molecule has 4 rings (SSSR count). The molecular formula is C18H11Cl2N3O2S3. The van der Waals surface area contributed by atoms with E-state index in [2.05, 4.69) is 15.6 Å². The highest BCUT2D eigenvalue weighted by molar-refractivity contribution is 7.80. The topological polar surface area (TPSA) is 63.2 Å². The molecule has 0 bridgehead atoms. The van der Waals surface area contributed by atoms with Crippen LogP contribution in [-0.2, 0) is 0 Å². The molecule has 0 aliphatic carbocycles. The van der Waals surface area contributed by atoms with E-state index >= 15 is 0 Å². The number of nitrogens with one attached hydrogen (secondary N) is 2. The highest BCUT2D eigenvalue weighted by atomic mass is 35.5. The van der Waals surface area contributed by atoms with Crippen molar-refractivity contribution < 1.29 is 9.53 Å². The van der Waals surface area contributed by atoms with Gasteiger partial charge < -0.3 is 10.1 Å². The minimum absolute atomic E-state index is 0.140. The number of fused-ring (bicyclic) bond motifs is 2. The Balaban J connectivity index is 1.51. The number of benzene rings is 2. The Bertz CT molecular complexity index is 1240. The molecule has 0 unspecified atom stereocenters. The highest BCUT2D eigenvalue weighted by Crippen LogP contribution is 2.37. The van der Waals surface area contributed by atoms with Gasteiger partial charge in [-0.05, 0) is 48.6 Å². The quantitative estimate of drug-likeness (QED) is 0.364. The average molecular weight is 468 g/mol. The van der Waals surface area contributed by atoms with Crippen molar-refractivity contribution in [1.82, 2.24) is 10.3 Å². The van der Waals surface area contributed by atoms with Crippen LogP contribution in [0.25, 0.3) is 20.3 Å². The lowest BCUT2D eigenvalue weighted by Gasteiger charge is -2.06. The van der Waals surface area contributed by atoms with Crippen LogP contribution in [0.5, 0.6) is 5.75 Å². The van der Waals surface area contributed by atoms with E-state index in [1.807, 2.05) is 24.3 Å². The first-order chi connectivity index (χ1) is 13.4. The second-order valence-corrected chi connectivity index (χ2v) is 8.95. The van der Waals surface area contributed by atoms with Gasteiger partial charge in [0.05, 0.1) is 22.3 Å². The van der Waals surface area contributed by atoms with Crippen molar-refractivity contribution in [2.75, 3.05) is 12.4 Å². The minimum Gasteiger partial charge on any atom is -0.497 e. The van der Waals surface area contributed by atoms with Crippen LogP contribution in [0, 0.1) is 0 Å². The maximum Gasteiger partial charge on any atom is 0.269 e. The van der Waals surface area contributed by atoms with Gasteiger partial charge in [-0.3, -0.25) is 10.1 Å². The molecule has 0 aliphatic rings. The number of aromatic nitrogens is 1. The zero-order valence-corrected chi connectivity index (χ0v) is 18.2. The van der Waals surface area contributed by atoms with E-state index in [4.69, 9.17) is 40.2 Å². The monoisotopic (exact) mass is 467 g/mol. The number of hydrogen-bond acceptors (Lipinski definition) is 6. The van der Waals surface area contributed by atoms with Gasteiger partial charge in [-0.1, -0.05) is 34.5 Å². The predicted octanol–water partition coefficient (Wildman–Crippen LogP) is 5.95. The number of methoxy groups -OCH3 is 1. The van der Waals surface area contributed by atoms with Gasteiger partial charge >= 0.3 is 0 Å². The Hall–Kier alpha value is -1.97. The third kappa shape index (κ3) is 3.78. The van der Waals surface area contributed by atoms with Crippen LogP contribution in [0.1, 0.15) is 9.67 Å². The lowest BCUT2D eigenvalue weighted by atomic mass is 10.2. The number of hydrogen-bond donors (Lipinski definition) is 2. The summed E-state index contributed by atoms with van der Waals surface area (Å²) in [6, 6.07) is 10.9. The van der Waals surface area contributed by atoms with Crippen molar-refractivity contribution in [2.24, 2.45) is 0 Å². The lowest BCUT2D eigenvalue weighted by Crippen LogP contribution is -2.33. The second kappa shape index (κ2) is 7.81. The molecule has 1 amide bonds. The SMILES string of the molecule is COc1ccc2c(Cl)c(C(=O)NC(=S)Nc3nc4ccc(Cl)cc4s3)sc2c1. The first-order valence-electron chi connectivity index (χ1n) is 7.89. The molecule has 0 fully saturated rings. The molecule has 0 atom stereocenters. The smallest absolute Gasteiger partial charge is 0.269 e. The summed E-state index contributed by atoms with van der Waals surface area (Å²) in [5.74, 6) is 0.317. The summed E-state index contributed by atoms with van der Waals surface area (Å²) < 4.78 is 6.99. The van der Waals surface area contributed by atoms with Crippen LogP contribution < -0.4 is 15.4 Å². The number of carbonyl (C=O) groups excluding carboxylic acids is 1. The Kier molecular flexibility index (Phi) is 5.39. The fraction of sp³-hybridized carbons (Fsp3) is 0.0556. The first kappa shape index (κ1) is 19.4. The molecule has 2 aromatic carbocycles. The predicted molar refractivity (Wildman–Crippen MR) is 122 cm³/mol. The van der Waals surface area contributed by atoms with Crippen molar-refractivity contribution in [3.63, 3.8) is 0 Å². The Morgan fingerprint density at radius 2 is 1.96 bits per heavy atom. The van der Waals surface area contributed by atoms with Crippen LogP contribution in [0.2, 0.25) is 10.0 Å². The van der Waals surface area contributed by atoms with Crippen LogP contribution in [0.15, 0.2) is 36.4 Å². The van der Waals surface area contributed by atoms with Crippen molar-refractivity contribution in [3.05, 3.63) is 51.3 Å². The number of halogens is 2. The van der Waals surface area contributed by atoms with Crippen molar-refractivity contribution in [1.29, 1.82) is 0 Å². The summed E-state index contributed by atoms with van der Waals surface area (Å²) in [5.41, 5.74) is 0.799. The third-order valence-electron chi connectivity index (χ3n) is 3.84. The Morgan fingerprint density at radius 3 is 2.75 bits per heavy atom. The molecule has 0 radical (unpaired) electrons. The molecular weight excluding hydrogens is 457 g/mol. The maximum atomic E-state index is 12.6. The third-order valence-corrected chi connectivity index (χ3v) is 6.87. The fourth-order valence-electron chi connectivity index (χ4n) is 2.56. The fourth-order valence-corrected chi connectivity index (χ4v) is 5.40. The van der Waals surface area contributed by atoms with Crippen molar-refractivity contribution >= 4 is 94.5 Å². The molecule has 2 aromatic heterocycles. The summed E-state index contributed by atoms with van der Waals surface area (Å²) in [5, 5.41) is 8.09. The standard InChI is InChI=1S/C18H11Cl2N3O2S3/c1-25-9-3-4-10-12(7-9)27-15(14(10)20)16(24)22-17(26)23-18-21-11-5-2-8(19)6-13(11)28-18/h2-7H,1H3,(H2,21,22,23,24,26). The van der Waals surface area contributed by atoms with E-state index < -0.39 is 0 Å². The molecule has 0 aliphatic heterocycles. The van der Waals surface area contributed by atoms with Gasteiger partial charge in [0.1, 0.15) is 10.6 Å². The summed E-state index contributed by atoms with van der Waals surface area (Å²) in [7, 11) is 1.59. The Morgan fingerprint density at radius 1 is 1.14 bits per heavy atom. The largest absolute Gasteiger partial charge is 0.497 e. The summed E-state index contributed by atoms with van der Waals surface area (Å²) in [6.07, 6.45) is 0. The zero-order chi connectivity index (χ0) is 19.8. The van der Waals surface area contributed by atoms with E-state index in [1.165, 1.54) is 22.7 Å². The summed E-state index contributed by atoms with van der Waals surface area (Å²) >= 11 is 20.3. The van der Waals surface area contributed by atoms with Crippen LogP contribution >= 0.6 is 58.1 Å².